The van der Waals surface area contributed by atoms with Crippen LogP contribution in [0.15, 0.2) is 59.1 Å². The van der Waals surface area contributed by atoms with Crippen molar-refractivity contribution < 1.29 is 32.6 Å². The van der Waals surface area contributed by atoms with Crippen LogP contribution in [0, 0.1) is 11.6 Å². The molecule has 0 saturated heterocycles. The summed E-state index contributed by atoms with van der Waals surface area (Å²) in [6.07, 6.45) is -0.796. The van der Waals surface area contributed by atoms with E-state index in [-0.39, 0.29) is 24.4 Å². The number of likely N-dealkylation sites (N-methyl/N-ethyl adjacent to an activating group) is 1. The molecule has 1 heterocycles. The summed E-state index contributed by atoms with van der Waals surface area (Å²) in [5.74, 6) is -0.883. The number of nitrogens with zero attached hydrogens (tertiary/aromatic N) is 2. The number of carbonyl (C=O) groups excluding carboxylic acids is 2. The van der Waals surface area contributed by atoms with Crippen molar-refractivity contribution >= 4 is 33.6 Å². The van der Waals surface area contributed by atoms with Crippen LogP contribution < -0.4 is 14.4 Å². The topological polar surface area (TPSA) is 68.3 Å². The first-order valence-corrected chi connectivity index (χ1v) is 13.0. The minimum atomic E-state index is -1.07. The van der Waals surface area contributed by atoms with Crippen molar-refractivity contribution in [1.82, 2.24) is 4.90 Å². The number of halogens is 3. The molecule has 0 bridgehead atoms. The highest BCUT2D eigenvalue weighted by molar-refractivity contribution is 9.10. The largest absolute Gasteiger partial charge is 0.496 e. The van der Waals surface area contributed by atoms with Crippen molar-refractivity contribution in [2.45, 2.75) is 45.4 Å². The maximum Gasteiger partial charge on any atom is 0.415 e. The summed E-state index contributed by atoms with van der Waals surface area (Å²) in [6, 6.07) is 13.0. The zero-order valence-electron chi connectivity index (χ0n) is 22.3. The van der Waals surface area contributed by atoms with Crippen LogP contribution in [0.25, 0.3) is 0 Å². The zero-order valence-corrected chi connectivity index (χ0v) is 23.8. The monoisotopic (exact) mass is 602 g/mol. The van der Waals surface area contributed by atoms with E-state index in [1.807, 2.05) is 0 Å². The maximum absolute atomic E-state index is 15.1. The third kappa shape index (κ3) is 6.16. The molecule has 39 heavy (non-hydrogen) atoms. The van der Waals surface area contributed by atoms with Gasteiger partial charge in [-0.1, -0.05) is 34.1 Å². The molecule has 10 heteroatoms. The highest BCUT2D eigenvalue weighted by atomic mass is 79.9. The highest BCUT2D eigenvalue weighted by Gasteiger charge is 2.44. The first kappa shape index (κ1) is 28.4. The number of rotatable bonds is 6. The van der Waals surface area contributed by atoms with Crippen LogP contribution in [0.4, 0.5) is 19.3 Å². The van der Waals surface area contributed by atoms with Gasteiger partial charge in [0.05, 0.1) is 12.8 Å². The molecule has 0 spiro atoms. The molecule has 0 aromatic heterocycles. The Morgan fingerprint density at radius 3 is 2.38 bits per heavy atom. The number of hydrogen-bond acceptors (Lipinski definition) is 5. The smallest absolute Gasteiger partial charge is 0.415 e. The molecule has 0 N–H and O–H groups in total. The number of amides is 2. The van der Waals surface area contributed by atoms with Gasteiger partial charge in [0.2, 0.25) is 5.91 Å². The van der Waals surface area contributed by atoms with Crippen molar-refractivity contribution in [3.8, 4) is 17.2 Å². The second kappa shape index (κ2) is 11.2. The first-order chi connectivity index (χ1) is 18.4. The van der Waals surface area contributed by atoms with Crippen molar-refractivity contribution in [1.29, 1.82) is 0 Å². The normalized spacial score (nSPS) is 14.6. The van der Waals surface area contributed by atoms with E-state index in [0.717, 1.165) is 4.90 Å². The number of carbonyl (C=O) groups is 2. The van der Waals surface area contributed by atoms with Gasteiger partial charge in [0.25, 0.3) is 0 Å². The van der Waals surface area contributed by atoms with E-state index < -0.39 is 35.3 Å². The van der Waals surface area contributed by atoms with E-state index in [0.29, 0.717) is 27.1 Å². The average molecular weight is 603 g/mol. The van der Waals surface area contributed by atoms with Crippen LogP contribution in [0.5, 0.6) is 17.2 Å². The van der Waals surface area contributed by atoms with E-state index in [4.69, 9.17) is 14.2 Å². The van der Waals surface area contributed by atoms with E-state index in [1.165, 1.54) is 36.3 Å². The predicted octanol–water partition coefficient (Wildman–Crippen LogP) is 6.85. The van der Waals surface area contributed by atoms with Crippen LogP contribution in [-0.4, -0.2) is 42.7 Å². The standard InChI is InChI=1S/C29H29BrF2N2O5/c1-29(2,3)39-28(36)34-22(15-19-24(37-5)13-11-20(31)26(19)34)27(35)33(4)16-17-8-6-7-9-23(17)38-25-12-10-18(30)14-21(25)32/h6-14,22H,15-16H2,1-5H3. The van der Waals surface area contributed by atoms with Gasteiger partial charge in [-0.05, 0) is 57.2 Å². The van der Waals surface area contributed by atoms with Crippen molar-refractivity contribution in [2.24, 2.45) is 0 Å². The van der Waals surface area contributed by atoms with Crippen LogP contribution in [0.1, 0.15) is 31.9 Å². The fraction of sp³-hybridized carbons (Fsp3) is 0.310. The van der Waals surface area contributed by atoms with Crippen molar-refractivity contribution in [2.75, 3.05) is 19.1 Å². The van der Waals surface area contributed by atoms with Gasteiger partial charge in [-0.25, -0.2) is 13.6 Å². The molecule has 0 fully saturated rings. The zero-order chi connectivity index (χ0) is 28.5. The fourth-order valence-electron chi connectivity index (χ4n) is 4.40. The van der Waals surface area contributed by atoms with Gasteiger partial charge in [-0.2, -0.15) is 0 Å². The molecule has 1 unspecified atom stereocenters. The van der Waals surface area contributed by atoms with Gasteiger partial charge in [0, 0.05) is 35.6 Å². The lowest BCUT2D eigenvalue weighted by atomic mass is 10.1. The molecule has 3 aromatic rings. The summed E-state index contributed by atoms with van der Waals surface area (Å²) in [6.45, 7) is 5.16. The summed E-state index contributed by atoms with van der Waals surface area (Å²) in [4.78, 5) is 29.5. The molecule has 3 aromatic carbocycles. The second-order valence-corrected chi connectivity index (χ2v) is 11.0. The summed E-state index contributed by atoms with van der Waals surface area (Å²) < 4.78 is 46.8. The third-order valence-electron chi connectivity index (χ3n) is 6.11. The Kier molecular flexibility index (Phi) is 8.15. The Balaban J connectivity index is 1.62. The molecule has 1 atom stereocenters. The lowest BCUT2D eigenvalue weighted by molar-refractivity contribution is -0.131. The van der Waals surface area contributed by atoms with E-state index in [2.05, 4.69) is 15.9 Å². The summed E-state index contributed by atoms with van der Waals surface area (Å²) in [5, 5.41) is 0. The average Bonchev–Trinajstić information content (AvgIpc) is 3.27. The predicted molar refractivity (Wildman–Crippen MR) is 146 cm³/mol. The Hall–Kier alpha value is -3.66. The van der Waals surface area contributed by atoms with E-state index in [9.17, 15) is 14.0 Å². The van der Waals surface area contributed by atoms with Gasteiger partial charge in [-0.3, -0.25) is 9.69 Å². The molecule has 1 aliphatic rings. The molecule has 0 radical (unpaired) electrons. The minimum Gasteiger partial charge on any atom is -0.496 e. The number of benzene rings is 3. The summed E-state index contributed by atoms with van der Waals surface area (Å²) in [7, 11) is 3.01. The number of para-hydroxylation sites is 1. The molecule has 1 aliphatic heterocycles. The molecule has 0 saturated carbocycles. The third-order valence-corrected chi connectivity index (χ3v) is 6.60. The van der Waals surface area contributed by atoms with E-state index in [1.54, 1.807) is 58.2 Å². The van der Waals surface area contributed by atoms with Gasteiger partial charge in [0.15, 0.2) is 11.6 Å². The van der Waals surface area contributed by atoms with Gasteiger partial charge < -0.3 is 19.1 Å². The van der Waals surface area contributed by atoms with Gasteiger partial charge in [-0.15, -0.1) is 0 Å². The summed E-state index contributed by atoms with van der Waals surface area (Å²) >= 11 is 3.22. The van der Waals surface area contributed by atoms with Crippen molar-refractivity contribution in [3.63, 3.8) is 0 Å². The fourth-order valence-corrected chi connectivity index (χ4v) is 4.74. The van der Waals surface area contributed by atoms with Gasteiger partial charge in [0.1, 0.15) is 29.0 Å². The maximum atomic E-state index is 15.1. The molecule has 206 valence electrons. The Labute approximate surface area is 234 Å². The highest BCUT2D eigenvalue weighted by Crippen LogP contribution is 2.42. The van der Waals surface area contributed by atoms with Crippen molar-refractivity contribution in [3.05, 3.63) is 81.8 Å². The molecular weight excluding hydrogens is 574 g/mol. The first-order valence-electron chi connectivity index (χ1n) is 12.2. The number of hydrogen-bond donors (Lipinski definition) is 0. The second-order valence-electron chi connectivity index (χ2n) is 10.1. The quantitative estimate of drug-likeness (QED) is 0.308. The Morgan fingerprint density at radius 1 is 1.03 bits per heavy atom. The summed E-state index contributed by atoms with van der Waals surface area (Å²) in [5.41, 5.74) is 0.112. The lowest BCUT2D eigenvalue weighted by Gasteiger charge is -2.31. The van der Waals surface area contributed by atoms with Crippen LogP contribution in [0.3, 0.4) is 0 Å². The Bertz CT molecular complexity index is 1410. The number of anilines is 1. The van der Waals surface area contributed by atoms with Crippen LogP contribution in [0.2, 0.25) is 0 Å². The SMILES string of the molecule is COc1ccc(F)c2c1CC(C(=O)N(C)Cc1ccccc1Oc1ccc(Br)cc1F)N2C(=O)OC(C)(C)C. The van der Waals surface area contributed by atoms with Gasteiger partial charge >= 0.3 is 6.09 Å². The molecule has 4 rings (SSSR count). The Morgan fingerprint density at radius 2 is 1.72 bits per heavy atom. The molecule has 0 aliphatic carbocycles. The van der Waals surface area contributed by atoms with Crippen LogP contribution >= 0.6 is 15.9 Å². The number of methoxy groups -OCH3 is 1. The molecule has 2 amide bonds. The molecule has 7 nitrogen and oxygen atoms in total. The minimum absolute atomic E-state index is 0.0320. The molecular formula is C29H29BrF2N2O5. The number of ether oxygens (including phenoxy) is 3. The van der Waals surface area contributed by atoms with Crippen LogP contribution in [-0.2, 0) is 22.5 Å². The van der Waals surface area contributed by atoms with E-state index >= 15 is 4.39 Å². The lowest BCUT2D eigenvalue weighted by Crippen LogP contribution is -2.50. The number of fused-ring (bicyclic) bond motifs is 1.